The lowest BCUT2D eigenvalue weighted by Gasteiger charge is -2.36. The minimum Gasteiger partial charge on any atom is -0.493 e. The Balaban J connectivity index is 1.28. The SMILES string of the molecule is O=C(O)C1CN(Cc2ccccc2OCCCCN2CCOCC2)CC12CCOCC2. The molecule has 1 aromatic carbocycles. The molecule has 0 saturated carbocycles. The van der Waals surface area contributed by atoms with Crippen LogP contribution >= 0.6 is 0 Å². The Morgan fingerprint density at radius 2 is 1.81 bits per heavy atom. The number of likely N-dealkylation sites (tertiary alicyclic amines) is 1. The van der Waals surface area contributed by atoms with Gasteiger partial charge in [0.05, 0.1) is 25.7 Å². The van der Waals surface area contributed by atoms with Crippen LogP contribution in [0.5, 0.6) is 5.75 Å². The molecule has 3 aliphatic heterocycles. The first-order chi connectivity index (χ1) is 15.2. The fraction of sp³-hybridized carbons (Fsp3) is 0.708. The van der Waals surface area contributed by atoms with E-state index in [2.05, 4.69) is 15.9 Å². The first kappa shape index (κ1) is 22.5. The molecule has 0 amide bonds. The van der Waals surface area contributed by atoms with Crippen molar-refractivity contribution in [3.05, 3.63) is 29.8 Å². The molecule has 1 N–H and O–H groups in total. The Hall–Kier alpha value is -1.67. The zero-order valence-corrected chi connectivity index (χ0v) is 18.5. The van der Waals surface area contributed by atoms with Gasteiger partial charge in [0.25, 0.3) is 0 Å². The molecule has 1 unspecified atom stereocenters. The van der Waals surface area contributed by atoms with Gasteiger partial charge in [-0.25, -0.2) is 0 Å². The van der Waals surface area contributed by atoms with Gasteiger partial charge in [0.15, 0.2) is 0 Å². The number of carbonyl (C=O) groups is 1. The number of morpholine rings is 1. The van der Waals surface area contributed by atoms with Crippen molar-refractivity contribution in [1.29, 1.82) is 0 Å². The van der Waals surface area contributed by atoms with E-state index in [9.17, 15) is 9.90 Å². The maximum Gasteiger partial charge on any atom is 0.308 e. The Kier molecular flexibility index (Phi) is 7.82. The number of carboxylic acid groups (broad SMARTS) is 1. The molecule has 1 aromatic rings. The molecule has 3 aliphatic rings. The van der Waals surface area contributed by atoms with Crippen LogP contribution in [0, 0.1) is 11.3 Å². The zero-order chi connectivity index (χ0) is 21.5. The number of benzene rings is 1. The summed E-state index contributed by atoms with van der Waals surface area (Å²) in [7, 11) is 0. The number of hydrogen-bond donors (Lipinski definition) is 1. The van der Waals surface area contributed by atoms with E-state index in [-0.39, 0.29) is 11.3 Å². The second-order valence-electron chi connectivity index (χ2n) is 9.15. The number of unbranched alkanes of at least 4 members (excludes halogenated alkanes) is 1. The smallest absolute Gasteiger partial charge is 0.308 e. The van der Waals surface area contributed by atoms with Crippen LogP contribution in [0.2, 0.25) is 0 Å². The molecule has 4 rings (SSSR count). The third-order valence-electron chi connectivity index (χ3n) is 7.10. The van der Waals surface area contributed by atoms with Gasteiger partial charge < -0.3 is 19.3 Å². The summed E-state index contributed by atoms with van der Waals surface area (Å²) < 4.78 is 17.1. The standard InChI is InChI=1S/C24H36N2O5/c27-23(28)21-18-26(19-24(21)7-13-29-14-8-24)17-20-5-1-2-6-22(20)31-12-4-3-9-25-10-15-30-16-11-25/h1-2,5-6,21H,3-4,7-19H2,(H,27,28). The Bertz CT molecular complexity index is 716. The van der Waals surface area contributed by atoms with E-state index in [4.69, 9.17) is 14.2 Å². The van der Waals surface area contributed by atoms with E-state index in [1.165, 1.54) is 0 Å². The highest BCUT2D eigenvalue weighted by Crippen LogP contribution is 2.45. The van der Waals surface area contributed by atoms with Crippen molar-refractivity contribution < 1.29 is 24.1 Å². The second kappa shape index (κ2) is 10.8. The number of ether oxygens (including phenoxy) is 3. The summed E-state index contributed by atoms with van der Waals surface area (Å²) in [5, 5.41) is 9.83. The van der Waals surface area contributed by atoms with E-state index in [1.807, 2.05) is 18.2 Å². The quantitative estimate of drug-likeness (QED) is 0.601. The number of aliphatic carboxylic acids is 1. The van der Waals surface area contributed by atoms with Crippen LogP contribution in [0.15, 0.2) is 24.3 Å². The molecule has 3 fully saturated rings. The summed E-state index contributed by atoms with van der Waals surface area (Å²) in [6.45, 7) is 9.05. The van der Waals surface area contributed by atoms with E-state index < -0.39 is 5.97 Å². The molecule has 0 bridgehead atoms. The van der Waals surface area contributed by atoms with Gasteiger partial charge in [0, 0.05) is 56.9 Å². The highest BCUT2D eigenvalue weighted by molar-refractivity contribution is 5.72. The fourth-order valence-electron chi connectivity index (χ4n) is 5.28. The number of hydrogen-bond acceptors (Lipinski definition) is 6. The van der Waals surface area contributed by atoms with Crippen LogP contribution in [0.4, 0.5) is 0 Å². The Morgan fingerprint density at radius 1 is 1.06 bits per heavy atom. The van der Waals surface area contributed by atoms with Crippen LogP contribution in [-0.2, 0) is 20.8 Å². The normalized spacial score (nSPS) is 24.5. The van der Waals surface area contributed by atoms with Crippen molar-refractivity contribution in [3.8, 4) is 5.75 Å². The largest absolute Gasteiger partial charge is 0.493 e. The summed E-state index contributed by atoms with van der Waals surface area (Å²) in [6.07, 6.45) is 3.82. The number of para-hydroxylation sites is 1. The predicted molar refractivity (Wildman–Crippen MR) is 117 cm³/mol. The summed E-state index contributed by atoms with van der Waals surface area (Å²) >= 11 is 0. The van der Waals surface area contributed by atoms with Crippen molar-refractivity contribution in [3.63, 3.8) is 0 Å². The van der Waals surface area contributed by atoms with Crippen molar-refractivity contribution in [2.45, 2.75) is 32.2 Å². The second-order valence-corrected chi connectivity index (χ2v) is 9.15. The van der Waals surface area contributed by atoms with Crippen LogP contribution < -0.4 is 4.74 Å². The molecule has 1 atom stereocenters. The number of carboxylic acids is 1. The van der Waals surface area contributed by atoms with E-state index in [1.54, 1.807) is 0 Å². The highest BCUT2D eigenvalue weighted by Gasteiger charge is 2.50. The fourth-order valence-corrected chi connectivity index (χ4v) is 5.28. The van der Waals surface area contributed by atoms with Gasteiger partial charge in [0.1, 0.15) is 5.75 Å². The van der Waals surface area contributed by atoms with Crippen molar-refractivity contribution in [2.24, 2.45) is 11.3 Å². The molecule has 31 heavy (non-hydrogen) atoms. The first-order valence-electron chi connectivity index (χ1n) is 11.7. The van der Waals surface area contributed by atoms with Crippen LogP contribution in [0.25, 0.3) is 0 Å². The monoisotopic (exact) mass is 432 g/mol. The number of rotatable bonds is 9. The maximum absolute atomic E-state index is 12.0. The van der Waals surface area contributed by atoms with Gasteiger partial charge in [-0.3, -0.25) is 14.6 Å². The molecule has 172 valence electrons. The first-order valence-corrected chi connectivity index (χ1v) is 11.7. The molecular weight excluding hydrogens is 396 g/mol. The average molecular weight is 433 g/mol. The minimum absolute atomic E-state index is 0.153. The Morgan fingerprint density at radius 3 is 2.58 bits per heavy atom. The summed E-state index contributed by atoms with van der Waals surface area (Å²) in [5.41, 5.74) is 0.989. The number of nitrogens with zero attached hydrogens (tertiary/aromatic N) is 2. The molecule has 0 aromatic heterocycles. The molecule has 7 heteroatoms. The van der Waals surface area contributed by atoms with Crippen molar-refractivity contribution >= 4 is 5.97 Å². The van der Waals surface area contributed by atoms with Crippen LogP contribution in [-0.4, -0.2) is 86.6 Å². The third kappa shape index (κ3) is 5.77. The lowest BCUT2D eigenvalue weighted by Crippen LogP contribution is -2.40. The summed E-state index contributed by atoms with van der Waals surface area (Å²) in [6, 6.07) is 8.19. The molecule has 0 radical (unpaired) electrons. The topological polar surface area (TPSA) is 71.5 Å². The molecular formula is C24H36N2O5. The highest BCUT2D eigenvalue weighted by atomic mass is 16.5. The van der Waals surface area contributed by atoms with E-state index in [0.29, 0.717) is 26.4 Å². The molecule has 7 nitrogen and oxygen atoms in total. The average Bonchev–Trinajstić information content (AvgIpc) is 3.13. The maximum atomic E-state index is 12.0. The summed E-state index contributed by atoms with van der Waals surface area (Å²) in [5.74, 6) is -0.0625. The predicted octanol–water partition coefficient (Wildman–Crippen LogP) is 2.49. The molecule has 3 saturated heterocycles. The van der Waals surface area contributed by atoms with Gasteiger partial charge in [0.2, 0.25) is 0 Å². The van der Waals surface area contributed by atoms with Gasteiger partial charge >= 0.3 is 5.97 Å². The Labute approximate surface area is 185 Å². The van der Waals surface area contributed by atoms with Crippen molar-refractivity contribution in [2.75, 3.05) is 65.8 Å². The lowest BCUT2D eigenvalue weighted by molar-refractivity contribution is -0.147. The van der Waals surface area contributed by atoms with Crippen molar-refractivity contribution in [1.82, 2.24) is 9.80 Å². The van der Waals surface area contributed by atoms with Gasteiger partial charge in [-0.1, -0.05) is 18.2 Å². The van der Waals surface area contributed by atoms with Crippen LogP contribution in [0.1, 0.15) is 31.2 Å². The summed E-state index contributed by atoms with van der Waals surface area (Å²) in [4.78, 5) is 16.7. The zero-order valence-electron chi connectivity index (χ0n) is 18.5. The lowest BCUT2D eigenvalue weighted by atomic mass is 9.72. The van der Waals surface area contributed by atoms with E-state index >= 15 is 0 Å². The van der Waals surface area contributed by atoms with Gasteiger partial charge in [-0.2, -0.15) is 0 Å². The van der Waals surface area contributed by atoms with E-state index in [0.717, 1.165) is 82.9 Å². The molecule has 3 heterocycles. The van der Waals surface area contributed by atoms with Crippen LogP contribution in [0.3, 0.4) is 0 Å². The van der Waals surface area contributed by atoms with Gasteiger partial charge in [-0.05, 0) is 38.3 Å². The van der Waals surface area contributed by atoms with Gasteiger partial charge in [-0.15, -0.1) is 0 Å². The third-order valence-corrected chi connectivity index (χ3v) is 7.10. The molecule has 0 aliphatic carbocycles. The molecule has 1 spiro atoms. The minimum atomic E-state index is -0.672.